The molecule has 1 aromatic rings. The highest BCUT2D eigenvalue weighted by atomic mass is 15.3. The van der Waals surface area contributed by atoms with Gasteiger partial charge in [-0.3, -0.25) is 9.58 Å². The summed E-state index contributed by atoms with van der Waals surface area (Å²) in [5, 5.41) is 7.88. The van der Waals surface area contributed by atoms with Gasteiger partial charge in [-0.2, -0.15) is 5.10 Å². The molecule has 1 aromatic heterocycles. The Morgan fingerprint density at radius 2 is 2.12 bits per heavy atom. The highest BCUT2D eigenvalue weighted by molar-refractivity contribution is 5.05. The minimum atomic E-state index is 0.890. The molecule has 0 amide bonds. The molecule has 1 N–H and O–H groups in total. The van der Waals surface area contributed by atoms with E-state index >= 15 is 0 Å². The molecule has 94 valence electrons. The highest BCUT2D eigenvalue weighted by Crippen LogP contribution is 2.27. The van der Waals surface area contributed by atoms with Crippen molar-refractivity contribution < 1.29 is 0 Å². The second-order valence-electron chi connectivity index (χ2n) is 5.48. The first kappa shape index (κ1) is 11.2. The van der Waals surface area contributed by atoms with Crippen molar-refractivity contribution in [3.8, 4) is 0 Å². The summed E-state index contributed by atoms with van der Waals surface area (Å²) in [6, 6.07) is 0. The van der Waals surface area contributed by atoms with Gasteiger partial charge in [-0.05, 0) is 31.3 Å². The molecule has 0 spiro atoms. The van der Waals surface area contributed by atoms with Crippen LogP contribution >= 0.6 is 0 Å². The molecular formula is C13H22N4. The number of rotatable bonds is 4. The maximum Gasteiger partial charge on any atom is 0.0534 e. The van der Waals surface area contributed by atoms with Gasteiger partial charge in [-0.25, -0.2) is 0 Å². The maximum atomic E-state index is 4.40. The van der Waals surface area contributed by atoms with Crippen LogP contribution in [0.25, 0.3) is 0 Å². The van der Waals surface area contributed by atoms with E-state index in [9.17, 15) is 0 Å². The SMILES string of the molecule is CCCn1cc(CN2CC3CNCC3C2)cn1. The number of hydrogen-bond acceptors (Lipinski definition) is 3. The third kappa shape index (κ3) is 2.38. The highest BCUT2D eigenvalue weighted by Gasteiger charge is 2.35. The summed E-state index contributed by atoms with van der Waals surface area (Å²) < 4.78 is 2.06. The third-order valence-corrected chi connectivity index (χ3v) is 4.01. The first-order valence-electron chi connectivity index (χ1n) is 6.79. The Morgan fingerprint density at radius 3 is 2.82 bits per heavy atom. The van der Waals surface area contributed by atoms with Crippen molar-refractivity contribution in [3.05, 3.63) is 18.0 Å². The van der Waals surface area contributed by atoms with E-state index in [1.165, 1.54) is 31.7 Å². The van der Waals surface area contributed by atoms with Gasteiger partial charge >= 0.3 is 0 Å². The molecule has 2 unspecified atom stereocenters. The van der Waals surface area contributed by atoms with Crippen molar-refractivity contribution in [2.45, 2.75) is 26.4 Å². The lowest BCUT2D eigenvalue weighted by molar-refractivity contribution is 0.305. The monoisotopic (exact) mass is 234 g/mol. The van der Waals surface area contributed by atoms with Crippen LogP contribution in [-0.4, -0.2) is 40.9 Å². The molecule has 0 aromatic carbocycles. The molecular weight excluding hydrogens is 212 g/mol. The van der Waals surface area contributed by atoms with Crippen molar-refractivity contribution in [3.63, 3.8) is 0 Å². The summed E-state index contributed by atoms with van der Waals surface area (Å²) in [5.74, 6) is 1.78. The van der Waals surface area contributed by atoms with Crippen molar-refractivity contribution in [2.75, 3.05) is 26.2 Å². The number of nitrogens with one attached hydrogen (secondary N) is 1. The second kappa shape index (κ2) is 4.78. The van der Waals surface area contributed by atoms with E-state index in [2.05, 4.69) is 33.1 Å². The summed E-state index contributed by atoms with van der Waals surface area (Å²) >= 11 is 0. The Bertz CT molecular complexity index is 361. The minimum absolute atomic E-state index is 0.890. The fraction of sp³-hybridized carbons (Fsp3) is 0.769. The van der Waals surface area contributed by atoms with Crippen molar-refractivity contribution in [2.24, 2.45) is 11.8 Å². The Morgan fingerprint density at radius 1 is 1.35 bits per heavy atom. The van der Waals surface area contributed by atoms with E-state index in [4.69, 9.17) is 0 Å². The zero-order valence-electron chi connectivity index (χ0n) is 10.6. The molecule has 2 saturated heterocycles. The normalized spacial score (nSPS) is 28.8. The Labute approximate surface area is 103 Å². The summed E-state index contributed by atoms with van der Waals surface area (Å²) in [6.07, 6.45) is 5.39. The van der Waals surface area contributed by atoms with Gasteiger partial charge in [0, 0.05) is 37.9 Å². The van der Waals surface area contributed by atoms with Crippen LogP contribution in [0.5, 0.6) is 0 Å². The van der Waals surface area contributed by atoms with E-state index < -0.39 is 0 Å². The van der Waals surface area contributed by atoms with Crippen LogP contribution < -0.4 is 5.32 Å². The molecule has 2 fully saturated rings. The van der Waals surface area contributed by atoms with Gasteiger partial charge in [0.1, 0.15) is 0 Å². The van der Waals surface area contributed by atoms with Crippen LogP contribution in [0.15, 0.2) is 12.4 Å². The number of fused-ring (bicyclic) bond motifs is 1. The van der Waals surface area contributed by atoms with Crippen LogP contribution in [0.4, 0.5) is 0 Å². The molecule has 2 aliphatic heterocycles. The van der Waals surface area contributed by atoms with Gasteiger partial charge in [0.25, 0.3) is 0 Å². The maximum absolute atomic E-state index is 4.40. The van der Waals surface area contributed by atoms with E-state index in [1.54, 1.807) is 0 Å². The lowest BCUT2D eigenvalue weighted by atomic mass is 10.0. The van der Waals surface area contributed by atoms with Gasteiger partial charge in [0.15, 0.2) is 0 Å². The van der Waals surface area contributed by atoms with Crippen LogP contribution in [-0.2, 0) is 13.1 Å². The van der Waals surface area contributed by atoms with Gasteiger partial charge in [-0.1, -0.05) is 6.92 Å². The fourth-order valence-corrected chi connectivity index (χ4v) is 3.18. The lowest BCUT2D eigenvalue weighted by Crippen LogP contribution is -2.25. The van der Waals surface area contributed by atoms with E-state index in [-0.39, 0.29) is 0 Å². The van der Waals surface area contributed by atoms with Gasteiger partial charge in [-0.15, -0.1) is 0 Å². The predicted molar refractivity (Wildman–Crippen MR) is 67.6 cm³/mol. The summed E-state index contributed by atoms with van der Waals surface area (Å²) in [4.78, 5) is 2.59. The standard InChI is InChI=1S/C13H22N4/c1-2-3-17-8-11(4-15-17)7-16-9-12-5-14-6-13(12)10-16/h4,8,12-14H,2-3,5-7,9-10H2,1H3. The van der Waals surface area contributed by atoms with Crippen LogP contribution in [0.3, 0.4) is 0 Å². The van der Waals surface area contributed by atoms with Crippen LogP contribution in [0, 0.1) is 11.8 Å². The molecule has 3 heterocycles. The number of nitrogens with zero attached hydrogens (tertiary/aromatic N) is 3. The van der Waals surface area contributed by atoms with Crippen LogP contribution in [0.2, 0.25) is 0 Å². The quantitative estimate of drug-likeness (QED) is 0.842. The summed E-state index contributed by atoms with van der Waals surface area (Å²) in [7, 11) is 0. The smallest absolute Gasteiger partial charge is 0.0534 e. The molecule has 4 heteroatoms. The Balaban J connectivity index is 1.56. The molecule has 17 heavy (non-hydrogen) atoms. The van der Waals surface area contributed by atoms with Crippen molar-refractivity contribution in [1.82, 2.24) is 20.0 Å². The Kier molecular flexibility index (Phi) is 3.16. The molecule has 4 nitrogen and oxygen atoms in total. The molecule has 3 rings (SSSR count). The molecule has 2 aliphatic rings. The Hall–Kier alpha value is -0.870. The van der Waals surface area contributed by atoms with Gasteiger partial charge in [0.05, 0.1) is 6.20 Å². The first-order valence-corrected chi connectivity index (χ1v) is 6.79. The number of hydrogen-bond donors (Lipinski definition) is 1. The average molecular weight is 234 g/mol. The number of aryl methyl sites for hydroxylation is 1. The topological polar surface area (TPSA) is 33.1 Å². The molecule has 0 saturated carbocycles. The largest absolute Gasteiger partial charge is 0.316 e. The average Bonchev–Trinajstić information content (AvgIpc) is 2.95. The predicted octanol–water partition coefficient (Wildman–Crippen LogP) is 0.944. The fourth-order valence-electron chi connectivity index (χ4n) is 3.18. The number of likely N-dealkylation sites (tertiary alicyclic amines) is 1. The van der Waals surface area contributed by atoms with Crippen LogP contribution in [0.1, 0.15) is 18.9 Å². The van der Waals surface area contributed by atoms with Crippen molar-refractivity contribution in [1.29, 1.82) is 0 Å². The van der Waals surface area contributed by atoms with Crippen molar-refractivity contribution >= 4 is 0 Å². The summed E-state index contributed by atoms with van der Waals surface area (Å²) in [5.41, 5.74) is 1.37. The third-order valence-electron chi connectivity index (χ3n) is 4.01. The molecule has 2 atom stereocenters. The van der Waals surface area contributed by atoms with Gasteiger partial charge in [0.2, 0.25) is 0 Å². The number of aromatic nitrogens is 2. The minimum Gasteiger partial charge on any atom is -0.316 e. The zero-order chi connectivity index (χ0) is 11.7. The lowest BCUT2D eigenvalue weighted by Gasteiger charge is -2.15. The summed E-state index contributed by atoms with van der Waals surface area (Å²) in [6.45, 7) is 9.27. The molecule has 0 aliphatic carbocycles. The van der Waals surface area contributed by atoms with E-state index in [1.807, 2.05) is 6.20 Å². The first-order chi connectivity index (χ1) is 8.35. The van der Waals surface area contributed by atoms with Gasteiger partial charge < -0.3 is 5.32 Å². The van der Waals surface area contributed by atoms with E-state index in [0.717, 1.165) is 31.3 Å². The molecule has 0 bridgehead atoms. The molecule has 0 radical (unpaired) electrons. The second-order valence-corrected chi connectivity index (χ2v) is 5.48. The zero-order valence-corrected chi connectivity index (χ0v) is 10.6. The van der Waals surface area contributed by atoms with E-state index in [0.29, 0.717) is 0 Å².